The molecule has 2 rings (SSSR count). The van der Waals surface area contributed by atoms with Crippen LogP contribution in [0.4, 0.5) is 0 Å². The zero-order valence-corrected chi connectivity index (χ0v) is 12.1. The van der Waals surface area contributed by atoms with Crippen LogP contribution in [0.1, 0.15) is 32.0 Å². The summed E-state index contributed by atoms with van der Waals surface area (Å²) < 4.78 is 2.23. The summed E-state index contributed by atoms with van der Waals surface area (Å²) in [5, 5.41) is 12.8. The minimum atomic E-state index is -0.103. The number of hydrogen-bond donors (Lipinski definition) is 2. The zero-order valence-electron chi connectivity index (χ0n) is 12.1. The molecule has 0 amide bonds. The molecule has 1 aliphatic heterocycles. The van der Waals surface area contributed by atoms with Crippen LogP contribution in [-0.2, 0) is 13.1 Å². The molecular weight excluding hydrogens is 240 g/mol. The molecule has 1 aromatic heterocycles. The van der Waals surface area contributed by atoms with Crippen LogP contribution in [0.3, 0.4) is 0 Å². The van der Waals surface area contributed by atoms with Gasteiger partial charge in [0.1, 0.15) is 5.82 Å². The monoisotopic (exact) mass is 266 g/mol. The highest BCUT2D eigenvalue weighted by Crippen LogP contribution is 2.18. The summed E-state index contributed by atoms with van der Waals surface area (Å²) in [5.74, 6) is 1.17. The third kappa shape index (κ3) is 3.35. The van der Waals surface area contributed by atoms with Crippen molar-refractivity contribution < 1.29 is 5.11 Å². The third-order valence-electron chi connectivity index (χ3n) is 4.46. The van der Waals surface area contributed by atoms with Crippen molar-refractivity contribution in [3.8, 4) is 0 Å². The normalized spacial score (nSPS) is 19.1. The van der Waals surface area contributed by atoms with Crippen molar-refractivity contribution in [3.63, 3.8) is 0 Å². The van der Waals surface area contributed by atoms with Gasteiger partial charge in [-0.3, -0.25) is 4.90 Å². The minimum absolute atomic E-state index is 0.103. The molecule has 1 atom stereocenters. The van der Waals surface area contributed by atoms with E-state index in [4.69, 9.17) is 0 Å². The molecule has 0 aromatic carbocycles. The summed E-state index contributed by atoms with van der Waals surface area (Å²) in [6.07, 6.45) is 7.02. The molecule has 0 spiro atoms. The molecule has 5 nitrogen and oxygen atoms in total. The average Bonchev–Trinajstić information content (AvgIpc) is 2.92. The van der Waals surface area contributed by atoms with Gasteiger partial charge in [-0.15, -0.1) is 0 Å². The summed E-state index contributed by atoms with van der Waals surface area (Å²) in [7, 11) is 1.94. The van der Waals surface area contributed by atoms with E-state index in [-0.39, 0.29) is 12.1 Å². The third-order valence-corrected chi connectivity index (χ3v) is 4.46. The van der Waals surface area contributed by atoms with Gasteiger partial charge in [-0.05, 0) is 32.9 Å². The van der Waals surface area contributed by atoms with E-state index in [0.717, 1.165) is 45.4 Å². The number of aromatic nitrogens is 2. The Morgan fingerprint density at radius 1 is 1.47 bits per heavy atom. The van der Waals surface area contributed by atoms with Gasteiger partial charge in [0.05, 0.1) is 13.2 Å². The number of aliphatic hydroxyl groups is 1. The quantitative estimate of drug-likeness (QED) is 0.768. The SMILES string of the molecule is CCC(CO)(CCCN1CCn2ccnc2C1)NC. The molecule has 108 valence electrons. The first-order valence-electron chi connectivity index (χ1n) is 7.25. The number of rotatable bonds is 7. The standard InChI is InChI=1S/C14H26N4O/c1-3-14(12-19,15-2)5-4-7-17-9-10-18-8-6-16-13(18)11-17/h6,8,15,19H,3-5,7,9-12H2,1-2H3. The number of hydrogen-bond acceptors (Lipinski definition) is 4. The van der Waals surface area contributed by atoms with Crippen LogP contribution in [0, 0.1) is 0 Å². The minimum Gasteiger partial charge on any atom is -0.394 e. The van der Waals surface area contributed by atoms with E-state index < -0.39 is 0 Å². The predicted octanol–water partition coefficient (Wildman–Crippen LogP) is 0.839. The van der Waals surface area contributed by atoms with E-state index in [2.05, 4.69) is 32.9 Å². The number of nitrogens with one attached hydrogen (secondary N) is 1. The Labute approximate surface area is 115 Å². The Morgan fingerprint density at radius 2 is 2.32 bits per heavy atom. The number of aliphatic hydroxyl groups excluding tert-OH is 1. The van der Waals surface area contributed by atoms with Crippen LogP contribution >= 0.6 is 0 Å². The van der Waals surface area contributed by atoms with Gasteiger partial charge >= 0.3 is 0 Å². The van der Waals surface area contributed by atoms with Crippen LogP contribution in [0.25, 0.3) is 0 Å². The van der Waals surface area contributed by atoms with Crippen LogP contribution in [0.5, 0.6) is 0 Å². The van der Waals surface area contributed by atoms with Gasteiger partial charge in [0.15, 0.2) is 0 Å². The fraction of sp³-hybridized carbons (Fsp3) is 0.786. The van der Waals surface area contributed by atoms with Gasteiger partial charge in [-0.1, -0.05) is 6.92 Å². The van der Waals surface area contributed by atoms with Crippen LogP contribution in [-0.4, -0.2) is 51.8 Å². The Morgan fingerprint density at radius 3 is 3.00 bits per heavy atom. The van der Waals surface area contributed by atoms with Gasteiger partial charge < -0.3 is 15.0 Å². The van der Waals surface area contributed by atoms with Crippen molar-refractivity contribution in [2.24, 2.45) is 0 Å². The van der Waals surface area contributed by atoms with Crippen molar-refractivity contribution in [1.29, 1.82) is 0 Å². The molecule has 2 heterocycles. The lowest BCUT2D eigenvalue weighted by molar-refractivity contribution is 0.141. The second-order valence-corrected chi connectivity index (χ2v) is 5.46. The van der Waals surface area contributed by atoms with Crippen molar-refractivity contribution >= 4 is 0 Å². The summed E-state index contributed by atoms with van der Waals surface area (Å²) in [6.45, 7) is 6.51. The lowest BCUT2D eigenvalue weighted by Crippen LogP contribution is -2.46. The van der Waals surface area contributed by atoms with E-state index in [9.17, 15) is 5.11 Å². The molecule has 1 unspecified atom stereocenters. The molecule has 2 N–H and O–H groups in total. The molecule has 1 aromatic rings. The van der Waals surface area contributed by atoms with E-state index >= 15 is 0 Å². The maximum Gasteiger partial charge on any atom is 0.122 e. The van der Waals surface area contributed by atoms with Crippen molar-refractivity contribution in [1.82, 2.24) is 19.8 Å². The Kier molecular flexibility index (Phi) is 4.96. The molecule has 5 heteroatoms. The summed E-state index contributed by atoms with van der Waals surface area (Å²) >= 11 is 0. The van der Waals surface area contributed by atoms with Gasteiger partial charge in [-0.2, -0.15) is 0 Å². The predicted molar refractivity (Wildman–Crippen MR) is 75.9 cm³/mol. The van der Waals surface area contributed by atoms with Crippen LogP contribution in [0.15, 0.2) is 12.4 Å². The second-order valence-electron chi connectivity index (χ2n) is 5.46. The van der Waals surface area contributed by atoms with E-state index in [1.807, 2.05) is 13.2 Å². The van der Waals surface area contributed by atoms with E-state index in [1.165, 1.54) is 5.82 Å². The van der Waals surface area contributed by atoms with Crippen LogP contribution < -0.4 is 5.32 Å². The largest absolute Gasteiger partial charge is 0.394 e. The molecule has 0 saturated heterocycles. The molecule has 19 heavy (non-hydrogen) atoms. The lowest BCUT2D eigenvalue weighted by atomic mass is 9.91. The number of imidazole rings is 1. The van der Waals surface area contributed by atoms with Gasteiger partial charge in [0, 0.05) is 31.0 Å². The smallest absolute Gasteiger partial charge is 0.122 e. The number of fused-ring (bicyclic) bond motifs is 1. The molecular formula is C14H26N4O. The lowest BCUT2D eigenvalue weighted by Gasteiger charge is -2.32. The highest BCUT2D eigenvalue weighted by molar-refractivity contribution is 4.95. The highest BCUT2D eigenvalue weighted by Gasteiger charge is 2.25. The van der Waals surface area contributed by atoms with E-state index in [0.29, 0.717) is 0 Å². The second kappa shape index (κ2) is 6.50. The average molecular weight is 266 g/mol. The first-order valence-corrected chi connectivity index (χ1v) is 7.25. The maximum atomic E-state index is 9.53. The Bertz CT molecular complexity index is 378. The maximum absolute atomic E-state index is 9.53. The molecule has 0 saturated carbocycles. The highest BCUT2D eigenvalue weighted by atomic mass is 16.3. The van der Waals surface area contributed by atoms with Crippen molar-refractivity contribution in [2.75, 3.05) is 26.7 Å². The van der Waals surface area contributed by atoms with Gasteiger partial charge in [0.25, 0.3) is 0 Å². The summed E-state index contributed by atoms with van der Waals surface area (Å²) in [4.78, 5) is 6.84. The number of likely N-dealkylation sites (N-methyl/N-ethyl adjacent to an activating group) is 1. The van der Waals surface area contributed by atoms with Gasteiger partial charge in [-0.25, -0.2) is 4.98 Å². The molecule has 0 fully saturated rings. The van der Waals surface area contributed by atoms with E-state index in [1.54, 1.807) is 0 Å². The Hall–Kier alpha value is -0.910. The zero-order chi connectivity index (χ0) is 13.7. The first kappa shape index (κ1) is 14.5. The Balaban J connectivity index is 1.78. The van der Waals surface area contributed by atoms with Gasteiger partial charge in [0.2, 0.25) is 0 Å². The topological polar surface area (TPSA) is 53.3 Å². The van der Waals surface area contributed by atoms with Crippen molar-refractivity contribution in [2.45, 2.75) is 44.8 Å². The summed E-state index contributed by atoms with van der Waals surface area (Å²) in [5.41, 5.74) is -0.103. The molecule has 0 bridgehead atoms. The summed E-state index contributed by atoms with van der Waals surface area (Å²) in [6, 6.07) is 0. The molecule has 1 aliphatic rings. The molecule has 0 aliphatic carbocycles. The fourth-order valence-corrected chi connectivity index (χ4v) is 2.80. The fourth-order valence-electron chi connectivity index (χ4n) is 2.80. The van der Waals surface area contributed by atoms with Crippen LogP contribution in [0.2, 0.25) is 0 Å². The van der Waals surface area contributed by atoms with Crippen molar-refractivity contribution in [3.05, 3.63) is 18.2 Å². The first-order chi connectivity index (χ1) is 9.23. The number of nitrogens with zero attached hydrogens (tertiary/aromatic N) is 3. The molecule has 0 radical (unpaired) electrons.